The third kappa shape index (κ3) is 4.09. The Kier molecular flexibility index (Phi) is 5.22. The molecule has 1 aromatic rings. The van der Waals surface area contributed by atoms with E-state index in [1.54, 1.807) is 4.90 Å². The third-order valence-corrected chi connectivity index (χ3v) is 4.15. The van der Waals surface area contributed by atoms with E-state index in [1.807, 2.05) is 24.3 Å². The highest BCUT2D eigenvalue weighted by atomic mass is 127. The van der Waals surface area contributed by atoms with Crippen LogP contribution in [0.4, 0.5) is 0 Å². The fraction of sp³-hybridized carbons (Fsp3) is 0.429. The van der Waals surface area contributed by atoms with Crippen molar-refractivity contribution in [2.45, 2.75) is 12.8 Å². The quantitative estimate of drug-likeness (QED) is 0.793. The number of carbonyl (C=O) groups excluding carboxylic acids is 2. The number of halogens is 1. The molecule has 2 N–H and O–H groups in total. The van der Waals surface area contributed by atoms with Crippen LogP contribution in [-0.4, -0.2) is 36.4 Å². The van der Waals surface area contributed by atoms with Gasteiger partial charge in [-0.05, 0) is 59.7 Å². The Morgan fingerprint density at radius 2 is 1.85 bits per heavy atom. The van der Waals surface area contributed by atoms with Crippen molar-refractivity contribution in [2.75, 3.05) is 19.7 Å². The first-order chi connectivity index (χ1) is 9.56. The molecule has 20 heavy (non-hydrogen) atoms. The zero-order valence-electron chi connectivity index (χ0n) is 11.0. The van der Waals surface area contributed by atoms with Crippen LogP contribution in [-0.2, 0) is 9.59 Å². The molecule has 6 heteroatoms. The molecule has 0 bridgehead atoms. The molecule has 0 aliphatic carbocycles. The monoisotopic (exact) mass is 388 g/mol. The highest BCUT2D eigenvalue weighted by Gasteiger charge is 2.25. The summed E-state index contributed by atoms with van der Waals surface area (Å²) in [5, 5.41) is 0. The van der Waals surface area contributed by atoms with Crippen LogP contribution in [0.15, 0.2) is 24.3 Å². The maximum absolute atomic E-state index is 12.0. The number of benzene rings is 1. The van der Waals surface area contributed by atoms with E-state index in [9.17, 15) is 9.59 Å². The maximum Gasteiger partial charge on any atom is 0.260 e. The predicted molar refractivity (Wildman–Crippen MR) is 83.2 cm³/mol. The lowest BCUT2D eigenvalue weighted by Crippen LogP contribution is -2.43. The lowest BCUT2D eigenvalue weighted by atomic mass is 9.96. The number of carbonyl (C=O) groups is 2. The number of piperidine rings is 1. The number of nitrogens with zero attached hydrogens (tertiary/aromatic N) is 1. The van der Waals surface area contributed by atoms with Crippen molar-refractivity contribution in [3.05, 3.63) is 27.8 Å². The molecule has 0 aromatic heterocycles. The first-order valence-electron chi connectivity index (χ1n) is 6.51. The van der Waals surface area contributed by atoms with Crippen molar-refractivity contribution in [2.24, 2.45) is 11.7 Å². The molecule has 1 aliphatic rings. The minimum Gasteiger partial charge on any atom is -0.484 e. The maximum atomic E-state index is 12.0. The third-order valence-electron chi connectivity index (χ3n) is 3.43. The van der Waals surface area contributed by atoms with Crippen molar-refractivity contribution >= 4 is 34.4 Å². The Hall–Kier alpha value is -1.31. The van der Waals surface area contributed by atoms with Crippen molar-refractivity contribution in [3.8, 4) is 5.75 Å². The first-order valence-corrected chi connectivity index (χ1v) is 7.59. The minimum absolute atomic E-state index is 0.0296. The Morgan fingerprint density at radius 1 is 1.25 bits per heavy atom. The van der Waals surface area contributed by atoms with Gasteiger partial charge in [0.2, 0.25) is 5.91 Å². The number of ether oxygens (including phenoxy) is 1. The van der Waals surface area contributed by atoms with Crippen molar-refractivity contribution in [3.63, 3.8) is 0 Å². The van der Waals surface area contributed by atoms with Crippen LogP contribution in [0.1, 0.15) is 12.8 Å². The van der Waals surface area contributed by atoms with Gasteiger partial charge in [0.25, 0.3) is 5.91 Å². The molecule has 0 radical (unpaired) electrons. The van der Waals surface area contributed by atoms with E-state index >= 15 is 0 Å². The Morgan fingerprint density at radius 3 is 2.40 bits per heavy atom. The molecule has 2 rings (SSSR count). The summed E-state index contributed by atoms with van der Waals surface area (Å²) in [5.74, 6) is 0.265. The fourth-order valence-electron chi connectivity index (χ4n) is 2.18. The van der Waals surface area contributed by atoms with Crippen LogP contribution in [0.2, 0.25) is 0 Å². The van der Waals surface area contributed by atoms with E-state index < -0.39 is 0 Å². The van der Waals surface area contributed by atoms with Crippen LogP contribution < -0.4 is 10.5 Å². The topological polar surface area (TPSA) is 72.6 Å². The summed E-state index contributed by atoms with van der Waals surface area (Å²) in [6, 6.07) is 7.54. The van der Waals surface area contributed by atoms with Gasteiger partial charge in [0.1, 0.15) is 5.75 Å². The fourth-order valence-corrected chi connectivity index (χ4v) is 2.54. The van der Waals surface area contributed by atoms with Crippen LogP contribution >= 0.6 is 22.6 Å². The summed E-state index contributed by atoms with van der Waals surface area (Å²) >= 11 is 2.21. The summed E-state index contributed by atoms with van der Waals surface area (Å²) in [6.45, 7) is 1.17. The number of hydrogen-bond acceptors (Lipinski definition) is 3. The molecular weight excluding hydrogens is 371 g/mol. The Bertz CT molecular complexity index is 482. The molecular formula is C14H17IN2O3. The Labute approximate surface area is 131 Å². The predicted octanol–water partition coefficient (Wildman–Crippen LogP) is 1.39. The first kappa shape index (κ1) is 15.1. The number of primary amides is 1. The summed E-state index contributed by atoms with van der Waals surface area (Å²) < 4.78 is 6.58. The standard InChI is InChI=1S/C14H17IN2O3/c15-11-1-3-12(4-2-11)20-9-13(18)17-7-5-10(6-8-17)14(16)19/h1-4,10H,5-9H2,(H2,16,19). The molecule has 1 saturated heterocycles. The van der Waals surface area contributed by atoms with E-state index in [0.29, 0.717) is 31.7 Å². The van der Waals surface area contributed by atoms with Gasteiger partial charge in [-0.2, -0.15) is 0 Å². The average molecular weight is 388 g/mol. The molecule has 1 aliphatic heterocycles. The minimum atomic E-state index is -0.271. The van der Waals surface area contributed by atoms with E-state index in [-0.39, 0.29) is 24.3 Å². The van der Waals surface area contributed by atoms with Crippen LogP contribution in [0, 0.1) is 9.49 Å². The molecule has 0 saturated carbocycles. The second-order valence-electron chi connectivity index (χ2n) is 4.80. The second kappa shape index (κ2) is 6.92. The van der Waals surface area contributed by atoms with Gasteiger partial charge in [0.15, 0.2) is 6.61 Å². The van der Waals surface area contributed by atoms with Gasteiger partial charge >= 0.3 is 0 Å². The van der Waals surface area contributed by atoms with Crippen molar-refractivity contribution < 1.29 is 14.3 Å². The molecule has 0 unspecified atom stereocenters. The van der Waals surface area contributed by atoms with Gasteiger partial charge in [0, 0.05) is 22.6 Å². The largest absolute Gasteiger partial charge is 0.484 e. The van der Waals surface area contributed by atoms with E-state index in [2.05, 4.69) is 22.6 Å². The molecule has 0 atom stereocenters. The van der Waals surface area contributed by atoms with E-state index in [0.717, 1.165) is 3.57 Å². The lowest BCUT2D eigenvalue weighted by Gasteiger charge is -2.30. The summed E-state index contributed by atoms with van der Waals surface area (Å²) in [7, 11) is 0. The van der Waals surface area contributed by atoms with Gasteiger partial charge in [-0.1, -0.05) is 0 Å². The van der Waals surface area contributed by atoms with Crippen LogP contribution in [0.3, 0.4) is 0 Å². The normalized spacial score (nSPS) is 15.9. The Balaban J connectivity index is 1.78. The number of nitrogens with two attached hydrogens (primary N) is 1. The molecule has 1 heterocycles. The van der Waals surface area contributed by atoms with Gasteiger partial charge in [-0.25, -0.2) is 0 Å². The molecule has 5 nitrogen and oxygen atoms in total. The molecule has 1 aromatic carbocycles. The van der Waals surface area contributed by atoms with Gasteiger partial charge in [-0.3, -0.25) is 9.59 Å². The van der Waals surface area contributed by atoms with Crippen LogP contribution in [0.5, 0.6) is 5.75 Å². The number of rotatable bonds is 4. The highest BCUT2D eigenvalue weighted by molar-refractivity contribution is 14.1. The summed E-state index contributed by atoms with van der Waals surface area (Å²) in [5.41, 5.74) is 5.27. The average Bonchev–Trinajstić information content (AvgIpc) is 2.46. The van der Waals surface area contributed by atoms with Crippen LogP contribution in [0.25, 0.3) is 0 Å². The molecule has 108 valence electrons. The van der Waals surface area contributed by atoms with Gasteiger partial charge in [-0.15, -0.1) is 0 Å². The number of hydrogen-bond donors (Lipinski definition) is 1. The summed E-state index contributed by atoms with van der Waals surface area (Å²) in [6.07, 6.45) is 1.29. The zero-order chi connectivity index (χ0) is 14.5. The zero-order valence-corrected chi connectivity index (χ0v) is 13.2. The smallest absolute Gasteiger partial charge is 0.260 e. The molecule has 0 spiro atoms. The van der Waals surface area contributed by atoms with Gasteiger partial charge in [0.05, 0.1) is 0 Å². The second-order valence-corrected chi connectivity index (χ2v) is 6.05. The molecule has 1 fully saturated rings. The van der Waals surface area contributed by atoms with Gasteiger partial charge < -0.3 is 15.4 Å². The van der Waals surface area contributed by atoms with E-state index in [4.69, 9.17) is 10.5 Å². The van der Waals surface area contributed by atoms with Crippen molar-refractivity contribution in [1.29, 1.82) is 0 Å². The van der Waals surface area contributed by atoms with E-state index in [1.165, 1.54) is 0 Å². The van der Waals surface area contributed by atoms with Crippen molar-refractivity contribution in [1.82, 2.24) is 4.90 Å². The highest BCUT2D eigenvalue weighted by Crippen LogP contribution is 2.17. The SMILES string of the molecule is NC(=O)C1CCN(C(=O)COc2ccc(I)cc2)CC1. The molecule has 2 amide bonds. The number of likely N-dealkylation sites (tertiary alicyclic amines) is 1. The lowest BCUT2D eigenvalue weighted by molar-refractivity contribution is -0.136. The number of amides is 2. The summed E-state index contributed by atoms with van der Waals surface area (Å²) in [4.78, 5) is 24.8.